The number of hydrogen-bond donors (Lipinski definition) is 2. The van der Waals surface area contributed by atoms with E-state index in [1.165, 1.54) is 13.2 Å². The fourth-order valence-electron chi connectivity index (χ4n) is 1.55. The number of carbonyl (C=O) groups excluding carboxylic acids is 2. The molecule has 0 bridgehead atoms. The van der Waals surface area contributed by atoms with E-state index >= 15 is 0 Å². The van der Waals surface area contributed by atoms with Gasteiger partial charge in [0.05, 0.1) is 18.4 Å². The van der Waals surface area contributed by atoms with Crippen LogP contribution in [0.3, 0.4) is 0 Å². The van der Waals surface area contributed by atoms with Gasteiger partial charge >= 0.3 is 5.97 Å². The van der Waals surface area contributed by atoms with Crippen LogP contribution in [-0.2, 0) is 9.53 Å². The van der Waals surface area contributed by atoms with Crippen LogP contribution in [-0.4, -0.2) is 25.5 Å². The summed E-state index contributed by atoms with van der Waals surface area (Å²) in [7, 11) is 1.27. The zero-order valence-corrected chi connectivity index (χ0v) is 11.5. The summed E-state index contributed by atoms with van der Waals surface area (Å²) in [6, 6.07) is 4.64. The number of rotatable bonds is 6. The van der Waals surface area contributed by atoms with Gasteiger partial charge in [0.25, 0.3) is 0 Å². The van der Waals surface area contributed by atoms with Crippen LogP contribution in [0.4, 0.5) is 5.69 Å². The molecule has 0 aliphatic rings. The molecule has 1 rings (SSSR count). The highest BCUT2D eigenvalue weighted by Crippen LogP contribution is 2.21. The summed E-state index contributed by atoms with van der Waals surface area (Å²) >= 11 is 5.82. The van der Waals surface area contributed by atoms with Crippen LogP contribution in [0, 0.1) is 0 Å². The first kappa shape index (κ1) is 15.5. The van der Waals surface area contributed by atoms with Crippen molar-refractivity contribution in [3.8, 4) is 0 Å². The largest absolute Gasteiger partial charge is 0.465 e. The number of esters is 1. The first-order valence-electron chi connectivity index (χ1n) is 5.96. The molecule has 0 saturated carbocycles. The molecule has 0 saturated heterocycles. The van der Waals surface area contributed by atoms with Gasteiger partial charge in [-0.15, -0.1) is 0 Å². The lowest BCUT2D eigenvalue weighted by atomic mass is 10.1. The predicted molar refractivity (Wildman–Crippen MR) is 74.3 cm³/mol. The third-order valence-electron chi connectivity index (χ3n) is 2.52. The lowest BCUT2D eigenvalue weighted by Gasteiger charge is -2.10. The van der Waals surface area contributed by atoms with E-state index in [-0.39, 0.29) is 11.5 Å². The zero-order chi connectivity index (χ0) is 14.3. The molecule has 0 aliphatic heterocycles. The normalized spacial score (nSPS) is 10.1. The van der Waals surface area contributed by atoms with Crippen molar-refractivity contribution in [2.75, 3.05) is 19.0 Å². The van der Waals surface area contributed by atoms with Gasteiger partial charge in [-0.3, -0.25) is 4.79 Å². The van der Waals surface area contributed by atoms with Gasteiger partial charge in [0, 0.05) is 11.4 Å². The van der Waals surface area contributed by atoms with Gasteiger partial charge in [-0.05, 0) is 37.6 Å². The molecule has 0 aliphatic carbocycles. The van der Waals surface area contributed by atoms with E-state index in [0.717, 1.165) is 6.42 Å². The average molecular weight is 285 g/mol. The summed E-state index contributed by atoms with van der Waals surface area (Å²) < 4.78 is 4.65. The molecule has 1 amide bonds. The van der Waals surface area contributed by atoms with Crippen molar-refractivity contribution in [2.24, 2.45) is 5.73 Å². The molecule has 1 aromatic carbocycles. The van der Waals surface area contributed by atoms with Crippen molar-refractivity contribution < 1.29 is 14.3 Å². The molecule has 0 aromatic heterocycles. The lowest BCUT2D eigenvalue weighted by Crippen LogP contribution is -2.15. The van der Waals surface area contributed by atoms with Crippen LogP contribution in [0.1, 0.15) is 29.6 Å². The van der Waals surface area contributed by atoms with Crippen LogP contribution in [0.2, 0.25) is 5.02 Å². The Morgan fingerprint density at radius 1 is 1.37 bits per heavy atom. The Balaban J connectivity index is 2.77. The van der Waals surface area contributed by atoms with Gasteiger partial charge in [-0.25, -0.2) is 4.79 Å². The molecule has 0 heterocycles. The summed E-state index contributed by atoms with van der Waals surface area (Å²) in [5.74, 6) is -0.708. The number of ether oxygens (including phenoxy) is 1. The number of nitrogens with one attached hydrogen (secondary N) is 1. The molecule has 1 aromatic rings. The second-order valence-corrected chi connectivity index (χ2v) is 4.41. The van der Waals surface area contributed by atoms with Crippen molar-refractivity contribution in [1.82, 2.24) is 0 Å². The minimum absolute atomic E-state index is 0.166. The predicted octanol–water partition coefficient (Wildman–Crippen LogP) is 2.19. The van der Waals surface area contributed by atoms with Crippen molar-refractivity contribution in [3.05, 3.63) is 28.8 Å². The smallest absolute Gasteiger partial charge is 0.340 e. The molecule has 0 unspecified atom stereocenters. The molecular formula is C13H17ClN2O3. The van der Waals surface area contributed by atoms with E-state index in [2.05, 4.69) is 10.1 Å². The molecule has 0 spiro atoms. The number of anilines is 1. The Hall–Kier alpha value is -1.59. The topological polar surface area (TPSA) is 81.4 Å². The van der Waals surface area contributed by atoms with E-state index < -0.39 is 5.97 Å². The fraction of sp³-hybridized carbons (Fsp3) is 0.385. The number of amides is 1. The van der Waals surface area contributed by atoms with Crippen molar-refractivity contribution in [3.63, 3.8) is 0 Å². The maximum Gasteiger partial charge on any atom is 0.340 e. The van der Waals surface area contributed by atoms with Crippen LogP contribution in [0.5, 0.6) is 0 Å². The van der Waals surface area contributed by atoms with Crippen molar-refractivity contribution in [2.45, 2.75) is 19.3 Å². The number of methoxy groups -OCH3 is 1. The Morgan fingerprint density at radius 3 is 2.74 bits per heavy atom. The molecule has 19 heavy (non-hydrogen) atoms. The van der Waals surface area contributed by atoms with Crippen molar-refractivity contribution >= 4 is 29.2 Å². The standard InChI is InChI=1S/C13H17ClN2O3/c1-19-13(18)10-8-9(14)5-6-11(10)16-12(17)4-2-3-7-15/h5-6,8H,2-4,7,15H2,1H3,(H,16,17). The number of unbranched alkanes of at least 4 members (excludes halogenated alkanes) is 1. The SMILES string of the molecule is COC(=O)c1cc(Cl)ccc1NC(=O)CCCCN. The summed E-state index contributed by atoms with van der Waals surface area (Å²) in [6.07, 6.45) is 1.86. The first-order chi connectivity index (χ1) is 9.08. The minimum atomic E-state index is -0.542. The maximum atomic E-state index is 11.7. The van der Waals surface area contributed by atoms with Crippen LogP contribution in [0.25, 0.3) is 0 Å². The summed E-state index contributed by atoms with van der Waals surface area (Å²) in [6.45, 7) is 0.557. The van der Waals surface area contributed by atoms with E-state index in [1.54, 1.807) is 12.1 Å². The van der Waals surface area contributed by atoms with Gasteiger partial charge < -0.3 is 15.8 Å². The van der Waals surface area contributed by atoms with Crippen molar-refractivity contribution in [1.29, 1.82) is 0 Å². The lowest BCUT2D eigenvalue weighted by molar-refractivity contribution is -0.116. The number of benzene rings is 1. The monoisotopic (exact) mass is 284 g/mol. The summed E-state index contributed by atoms with van der Waals surface area (Å²) in [4.78, 5) is 23.3. The molecule has 0 radical (unpaired) electrons. The zero-order valence-electron chi connectivity index (χ0n) is 10.7. The molecule has 104 valence electrons. The highest BCUT2D eigenvalue weighted by atomic mass is 35.5. The maximum absolute atomic E-state index is 11.7. The molecule has 6 heteroatoms. The Kier molecular flexibility index (Phi) is 6.32. The third-order valence-corrected chi connectivity index (χ3v) is 2.75. The quantitative estimate of drug-likeness (QED) is 0.620. The van der Waals surface area contributed by atoms with Crippen LogP contribution >= 0.6 is 11.6 Å². The number of halogens is 1. The average Bonchev–Trinajstić information content (AvgIpc) is 2.40. The summed E-state index contributed by atoms with van der Waals surface area (Å²) in [5.41, 5.74) is 5.99. The van der Waals surface area contributed by atoms with E-state index in [4.69, 9.17) is 17.3 Å². The molecular weight excluding hydrogens is 268 g/mol. The Morgan fingerprint density at radius 2 is 2.11 bits per heavy atom. The van der Waals surface area contributed by atoms with Crippen LogP contribution < -0.4 is 11.1 Å². The van der Waals surface area contributed by atoms with Gasteiger partial charge in [0.15, 0.2) is 0 Å². The number of hydrogen-bond acceptors (Lipinski definition) is 4. The molecule has 3 N–H and O–H groups in total. The molecule has 0 fully saturated rings. The van der Waals surface area contributed by atoms with E-state index in [1.807, 2.05) is 0 Å². The number of carbonyl (C=O) groups is 2. The highest BCUT2D eigenvalue weighted by molar-refractivity contribution is 6.31. The van der Waals surface area contributed by atoms with Gasteiger partial charge in [0.1, 0.15) is 0 Å². The second-order valence-electron chi connectivity index (χ2n) is 3.98. The van der Waals surface area contributed by atoms with Crippen LogP contribution in [0.15, 0.2) is 18.2 Å². The molecule has 0 atom stereocenters. The third kappa shape index (κ3) is 4.89. The second kappa shape index (κ2) is 7.76. The Bertz CT molecular complexity index is 463. The first-order valence-corrected chi connectivity index (χ1v) is 6.34. The molecule has 5 nitrogen and oxygen atoms in total. The number of nitrogens with two attached hydrogens (primary N) is 1. The van der Waals surface area contributed by atoms with E-state index in [0.29, 0.717) is 30.1 Å². The van der Waals surface area contributed by atoms with Gasteiger partial charge in [-0.2, -0.15) is 0 Å². The highest BCUT2D eigenvalue weighted by Gasteiger charge is 2.14. The van der Waals surface area contributed by atoms with Gasteiger partial charge in [-0.1, -0.05) is 11.6 Å². The minimum Gasteiger partial charge on any atom is -0.465 e. The Labute approximate surface area is 117 Å². The summed E-state index contributed by atoms with van der Waals surface area (Å²) in [5, 5.41) is 3.08. The fourth-order valence-corrected chi connectivity index (χ4v) is 1.72. The van der Waals surface area contributed by atoms with Gasteiger partial charge in [0.2, 0.25) is 5.91 Å². The van der Waals surface area contributed by atoms with E-state index in [9.17, 15) is 9.59 Å².